The van der Waals surface area contributed by atoms with Gasteiger partial charge in [-0.1, -0.05) is 23.9 Å². The summed E-state index contributed by atoms with van der Waals surface area (Å²) in [6, 6.07) is 11.7. The Morgan fingerprint density at radius 3 is 2.53 bits per heavy atom. The third kappa shape index (κ3) is 4.91. The Morgan fingerprint density at radius 1 is 1.09 bits per heavy atom. The second-order valence-corrected chi connectivity index (χ2v) is 7.90. The highest BCUT2D eigenvalue weighted by atomic mass is 32.2. The summed E-state index contributed by atoms with van der Waals surface area (Å²) >= 11 is 0.946. The number of nitrogens with zero attached hydrogens (tertiary/aromatic N) is 4. The summed E-state index contributed by atoms with van der Waals surface area (Å²) in [4.78, 5) is 25.1. The highest BCUT2D eigenvalue weighted by Crippen LogP contribution is 2.34. The quantitative estimate of drug-likeness (QED) is 0.394. The minimum absolute atomic E-state index is 0.0432. The second-order valence-electron chi connectivity index (χ2n) is 6.96. The molecule has 2 aromatic heterocycles. The molecule has 0 atom stereocenters. The van der Waals surface area contributed by atoms with Gasteiger partial charge in [-0.2, -0.15) is 13.2 Å². The largest absolute Gasteiger partial charge is 0.494 e. The highest BCUT2D eigenvalue weighted by molar-refractivity contribution is 7.99. The van der Waals surface area contributed by atoms with Gasteiger partial charge >= 0.3 is 11.7 Å². The number of ether oxygens (including phenoxy) is 1. The van der Waals surface area contributed by atoms with Crippen LogP contribution in [0.2, 0.25) is 0 Å². The molecule has 0 bridgehead atoms. The van der Waals surface area contributed by atoms with E-state index in [4.69, 9.17) is 4.74 Å². The van der Waals surface area contributed by atoms with E-state index in [9.17, 15) is 22.8 Å². The third-order valence-corrected chi connectivity index (χ3v) is 5.65. The van der Waals surface area contributed by atoms with Gasteiger partial charge < -0.3 is 10.1 Å². The number of carbonyl (C=O) groups is 1. The first-order valence-electron chi connectivity index (χ1n) is 10.1. The van der Waals surface area contributed by atoms with E-state index in [1.54, 1.807) is 30.5 Å². The van der Waals surface area contributed by atoms with Crippen LogP contribution in [0.3, 0.4) is 0 Å². The van der Waals surface area contributed by atoms with Gasteiger partial charge in [0.15, 0.2) is 5.16 Å². The molecule has 34 heavy (non-hydrogen) atoms. The molecule has 176 valence electrons. The topological polar surface area (TPSA) is 90.5 Å². The molecule has 0 saturated heterocycles. The van der Waals surface area contributed by atoms with Crippen molar-refractivity contribution in [3.63, 3.8) is 0 Å². The predicted molar refractivity (Wildman–Crippen MR) is 121 cm³/mol. The highest BCUT2D eigenvalue weighted by Gasteiger charge is 2.33. The number of halogens is 3. The normalized spacial score (nSPS) is 11.5. The third-order valence-electron chi connectivity index (χ3n) is 4.70. The Morgan fingerprint density at radius 2 is 1.82 bits per heavy atom. The fraction of sp³-hybridized carbons (Fsp3) is 0.182. The molecule has 0 saturated carbocycles. The fourth-order valence-corrected chi connectivity index (χ4v) is 3.91. The van der Waals surface area contributed by atoms with Crippen molar-refractivity contribution in [2.75, 3.05) is 17.7 Å². The lowest BCUT2D eigenvalue weighted by molar-refractivity contribution is -0.137. The van der Waals surface area contributed by atoms with Crippen LogP contribution in [0, 0.1) is 0 Å². The van der Waals surface area contributed by atoms with Crippen LogP contribution in [0.1, 0.15) is 12.5 Å². The van der Waals surface area contributed by atoms with Gasteiger partial charge in [0.05, 0.1) is 23.6 Å². The molecule has 8 nitrogen and oxygen atoms in total. The summed E-state index contributed by atoms with van der Waals surface area (Å²) in [6.45, 7) is 2.40. The first-order chi connectivity index (χ1) is 16.3. The number of hydrogen-bond acceptors (Lipinski definition) is 6. The zero-order valence-electron chi connectivity index (χ0n) is 17.7. The Bertz CT molecular complexity index is 1380. The van der Waals surface area contributed by atoms with Crippen LogP contribution in [0.15, 0.2) is 70.9 Å². The lowest BCUT2D eigenvalue weighted by atomic mass is 10.1. The van der Waals surface area contributed by atoms with E-state index in [-0.39, 0.29) is 22.2 Å². The first kappa shape index (κ1) is 23.4. The maximum atomic E-state index is 13.1. The zero-order chi connectivity index (χ0) is 24.3. The maximum Gasteiger partial charge on any atom is 0.418 e. The number of aromatic nitrogens is 4. The standard InChI is InChI=1S/C22H18F3N5O3S/c1-2-33-15-9-7-14(8-10-15)29-11-12-30-19(20(29)32)27-28-21(30)34-13-18(31)26-17-6-4-3-5-16(17)22(23,24)25/h3-12H,2,13H2,1H3,(H,26,31). The number of alkyl halides is 3. The number of amides is 1. The van der Waals surface area contributed by atoms with Crippen molar-refractivity contribution in [3.05, 3.63) is 76.8 Å². The van der Waals surface area contributed by atoms with Gasteiger partial charge in [-0.05, 0) is 43.3 Å². The number of hydrogen-bond donors (Lipinski definition) is 1. The number of para-hydroxylation sites is 1. The van der Waals surface area contributed by atoms with Gasteiger partial charge in [-0.3, -0.25) is 18.6 Å². The van der Waals surface area contributed by atoms with Gasteiger partial charge in [0, 0.05) is 18.1 Å². The molecule has 0 radical (unpaired) electrons. The van der Waals surface area contributed by atoms with Gasteiger partial charge in [0.1, 0.15) is 5.75 Å². The molecular weight excluding hydrogens is 471 g/mol. The van der Waals surface area contributed by atoms with Crippen LogP contribution in [0.5, 0.6) is 5.75 Å². The molecule has 0 aliphatic rings. The molecule has 2 heterocycles. The van der Waals surface area contributed by atoms with Crippen molar-refractivity contribution >= 4 is 29.0 Å². The molecule has 0 fully saturated rings. The van der Waals surface area contributed by atoms with Crippen molar-refractivity contribution in [2.24, 2.45) is 0 Å². The Kier molecular flexibility index (Phi) is 6.59. The van der Waals surface area contributed by atoms with Crippen LogP contribution < -0.4 is 15.6 Å². The minimum Gasteiger partial charge on any atom is -0.494 e. The number of thioether (sulfide) groups is 1. The van der Waals surface area contributed by atoms with E-state index in [2.05, 4.69) is 15.5 Å². The Balaban J connectivity index is 1.49. The van der Waals surface area contributed by atoms with E-state index in [1.807, 2.05) is 6.92 Å². The molecule has 0 aliphatic carbocycles. The van der Waals surface area contributed by atoms with Gasteiger partial charge in [0.25, 0.3) is 0 Å². The average Bonchev–Trinajstić information content (AvgIpc) is 3.22. The lowest BCUT2D eigenvalue weighted by Crippen LogP contribution is -2.20. The van der Waals surface area contributed by atoms with Crippen LogP contribution in [-0.2, 0) is 11.0 Å². The molecule has 1 N–H and O–H groups in total. The average molecular weight is 489 g/mol. The van der Waals surface area contributed by atoms with Crippen LogP contribution in [-0.4, -0.2) is 37.4 Å². The lowest BCUT2D eigenvalue weighted by Gasteiger charge is -2.13. The summed E-state index contributed by atoms with van der Waals surface area (Å²) in [5.41, 5.74) is -1.03. The van der Waals surface area contributed by atoms with E-state index in [0.29, 0.717) is 18.0 Å². The summed E-state index contributed by atoms with van der Waals surface area (Å²) in [7, 11) is 0. The molecule has 0 spiro atoms. The molecule has 12 heteroatoms. The molecule has 2 aromatic carbocycles. The van der Waals surface area contributed by atoms with E-state index in [1.165, 1.54) is 33.4 Å². The SMILES string of the molecule is CCOc1ccc(-n2ccn3c(SCC(=O)Nc4ccccc4C(F)(F)F)nnc3c2=O)cc1. The Labute approximate surface area is 195 Å². The van der Waals surface area contributed by atoms with E-state index < -0.39 is 23.2 Å². The van der Waals surface area contributed by atoms with Crippen molar-refractivity contribution < 1.29 is 22.7 Å². The molecule has 4 rings (SSSR count). The molecule has 1 amide bonds. The number of carbonyl (C=O) groups excluding carboxylic acids is 1. The second kappa shape index (κ2) is 9.59. The van der Waals surface area contributed by atoms with Gasteiger partial charge in [-0.25, -0.2) is 0 Å². The van der Waals surface area contributed by atoms with E-state index >= 15 is 0 Å². The van der Waals surface area contributed by atoms with Crippen LogP contribution in [0.4, 0.5) is 18.9 Å². The van der Waals surface area contributed by atoms with Crippen LogP contribution >= 0.6 is 11.8 Å². The Hall–Kier alpha value is -3.80. The number of anilines is 1. The summed E-state index contributed by atoms with van der Waals surface area (Å²) in [6.07, 6.45) is -1.48. The fourth-order valence-electron chi connectivity index (χ4n) is 3.19. The molecule has 0 unspecified atom stereocenters. The van der Waals surface area contributed by atoms with E-state index in [0.717, 1.165) is 17.8 Å². The first-order valence-corrected chi connectivity index (χ1v) is 11.0. The number of fused-ring (bicyclic) bond motifs is 1. The minimum atomic E-state index is -4.59. The summed E-state index contributed by atoms with van der Waals surface area (Å²) in [5, 5.41) is 10.4. The van der Waals surface area contributed by atoms with Crippen LogP contribution in [0.25, 0.3) is 11.3 Å². The number of rotatable bonds is 7. The van der Waals surface area contributed by atoms with Crippen molar-refractivity contribution in [3.8, 4) is 11.4 Å². The number of nitrogens with one attached hydrogen (secondary N) is 1. The van der Waals surface area contributed by atoms with Crippen molar-refractivity contribution in [1.82, 2.24) is 19.2 Å². The van der Waals surface area contributed by atoms with Gasteiger partial charge in [0.2, 0.25) is 11.6 Å². The molecule has 0 aliphatic heterocycles. The van der Waals surface area contributed by atoms with Crippen molar-refractivity contribution in [2.45, 2.75) is 18.3 Å². The maximum absolute atomic E-state index is 13.1. The predicted octanol–water partition coefficient (Wildman–Crippen LogP) is 4.03. The van der Waals surface area contributed by atoms with Crippen molar-refractivity contribution in [1.29, 1.82) is 0 Å². The molecular formula is C22H18F3N5O3S. The summed E-state index contributed by atoms with van der Waals surface area (Å²) in [5.74, 6) is -0.201. The summed E-state index contributed by atoms with van der Waals surface area (Å²) < 4.78 is 47.6. The zero-order valence-corrected chi connectivity index (χ0v) is 18.6. The smallest absolute Gasteiger partial charge is 0.418 e. The monoisotopic (exact) mass is 489 g/mol. The molecule has 4 aromatic rings. The number of benzene rings is 2. The van der Waals surface area contributed by atoms with Gasteiger partial charge in [-0.15, -0.1) is 10.2 Å².